The van der Waals surface area contributed by atoms with Crippen LogP contribution in [-0.2, 0) is 6.54 Å². The van der Waals surface area contributed by atoms with Gasteiger partial charge in [-0.3, -0.25) is 10.2 Å². The molecule has 1 heterocycles. The largest absolute Gasteiger partial charge is 0.459 e. The second-order valence-electron chi connectivity index (χ2n) is 4.06. The van der Waals surface area contributed by atoms with Crippen LogP contribution in [0.1, 0.15) is 16.1 Å². The fourth-order valence-electron chi connectivity index (χ4n) is 1.83. The molecule has 0 aliphatic rings. The van der Waals surface area contributed by atoms with Crippen molar-refractivity contribution >= 4 is 11.6 Å². The van der Waals surface area contributed by atoms with Crippen LogP contribution < -0.4 is 16.2 Å². The lowest BCUT2D eigenvalue weighted by Crippen LogP contribution is -2.31. The Bertz CT molecular complexity index is 583. The molecular weight excluding hydrogens is 249 g/mol. The third-order valence-corrected chi connectivity index (χ3v) is 2.76. The lowest BCUT2D eigenvalue weighted by molar-refractivity contribution is 0.0924. The first-order valence-corrected chi connectivity index (χ1v) is 5.66. The maximum atomic E-state index is 13.6. The fourth-order valence-corrected chi connectivity index (χ4v) is 1.83. The molecule has 0 fully saturated rings. The van der Waals surface area contributed by atoms with Gasteiger partial charge in [-0.15, -0.1) is 0 Å². The summed E-state index contributed by atoms with van der Waals surface area (Å²) in [5, 5.41) is 0. The van der Waals surface area contributed by atoms with Crippen LogP contribution in [0, 0.1) is 5.82 Å². The van der Waals surface area contributed by atoms with Gasteiger partial charge in [-0.25, -0.2) is 10.2 Å². The van der Waals surface area contributed by atoms with Crippen molar-refractivity contribution in [1.82, 2.24) is 5.43 Å². The Kier molecular flexibility index (Phi) is 3.82. The number of rotatable bonds is 4. The van der Waals surface area contributed by atoms with E-state index in [1.807, 2.05) is 5.43 Å². The van der Waals surface area contributed by atoms with Crippen LogP contribution in [0.15, 0.2) is 41.0 Å². The Balaban J connectivity index is 2.20. The Morgan fingerprint density at radius 2 is 2.16 bits per heavy atom. The third-order valence-electron chi connectivity index (χ3n) is 2.76. The van der Waals surface area contributed by atoms with Crippen molar-refractivity contribution in [1.29, 1.82) is 0 Å². The topological polar surface area (TPSA) is 71.5 Å². The van der Waals surface area contributed by atoms with Crippen LogP contribution in [-0.4, -0.2) is 13.0 Å². The number of nitrogen functional groups attached to an aromatic ring is 1. The van der Waals surface area contributed by atoms with Gasteiger partial charge in [0.2, 0.25) is 0 Å². The van der Waals surface area contributed by atoms with E-state index in [0.29, 0.717) is 17.8 Å². The summed E-state index contributed by atoms with van der Waals surface area (Å²) in [6, 6.07) is 8.07. The summed E-state index contributed by atoms with van der Waals surface area (Å²) in [4.78, 5) is 13.1. The first-order chi connectivity index (χ1) is 9.13. The maximum absolute atomic E-state index is 13.6. The second kappa shape index (κ2) is 5.53. The first kappa shape index (κ1) is 13.1. The summed E-state index contributed by atoms with van der Waals surface area (Å²) >= 11 is 0. The molecule has 0 unspecified atom stereocenters. The van der Waals surface area contributed by atoms with Gasteiger partial charge in [0.05, 0.1) is 12.0 Å². The van der Waals surface area contributed by atoms with Gasteiger partial charge in [0.1, 0.15) is 5.82 Å². The monoisotopic (exact) mass is 263 g/mol. The highest BCUT2D eigenvalue weighted by molar-refractivity contribution is 5.92. The Morgan fingerprint density at radius 3 is 2.84 bits per heavy atom. The standard InChI is InChI=1S/C13H14FN3O2/c1-17(11-5-3-2-4-10(11)14)8-9-6-7-19-12(9)13(18)16-15/h2-7H,8,15H2,1H3,(H,16,18). The molecule has 2 aromatic rings. The van der Waals surface area contributed by atoms with Crippen LogP contribution in [0.4, 0.5) is 10.1 Å². The van der Waals surface area contributed by atoms with E-state index in [2.05, 4.69) is 0 Å². The Hall–Kier alpha value is -2.34. The van der Waals surface area contributed by atoms with E-state index >= 15 is 0 Å². The highest BCUT2D eigenvalue weighted by Crippen LogP contribution is 2.21. The second-order valence-corrected chi connectivity index (χ2v) is 4.06. The average molecular weight is 263 g/mol. The molecule has 0 aliphatic heterocycles. The molecule has 0 aliphatic carbocycles. The van der Waals surface area contributed by atoms with E-state index in [4.69, 9.17) is 10.3 Å². The molecule has 0 spiro atoms. The van der Waals surface area contributed by atoms with Crippen LogP contribution in [0.25, 0.3) is 0 Å². The number of amides is 1. The lowest BCUT2D eigenvalue weighted by Gasteiger charge is -2.19. The molecule has 0 saturated heterocycles. The van der Waals surface area contributed by atoms with Gasteiger partial charge in [-0.1, -0.05) is 12.1 Å². The van der Waals surface area contributed by atoms with Crippen LogP contribution in [0.2, 0.25) is 0 Å². The zero-order chi connectivity index (χ0) is 13.8. The van der Waals surface area contributed by atoms with E-state index in [1.165, 1.54) is 12.3 Å². The molecule has 1 amide bonds. The van der Waals surface area contributed by atoms with Crippen molar-refractivity contribution in [2.45, 2.75) is 6.54 Å². The molecule has 19 heavy (non-hydrogen) atoms. The van der Waals surface area contributed by atoms with Gasteiger partial charge >= 0.3 is 5.91 Å². The number of benzene rings is 1. The van der Waals surface area contributed by atoms with Gasteiger partial charge in [-0.05, 0) is 18.2 Å². The maximum Gasteiger partial charge on any atom is 0.301 e. The summed E-state index contributed by atoms with van der Waals surface area (Å²) in [6.45, 7) is 0.334. The van der Waals surface area contributed by atoms with Gasteiger partial charge < -0.3 is 9.32 Å². The molecule has 2 rings (SSSR count). The minimum atomic E-state index is -0.512. The highest BCUT2D eigenvalue weighted by Gasteiger charge is 2.16. The molecule has 3 N–H and O–H groups in total. The Morgan fingerprint density at radius 1 is 1.42 bits per heavy atom. The number of nitrogens with one attached hydrogen (secondary N) is 1. The highest BCUT2D eigenvalue weighted by atomic mass is 19.1. The number of para-hydroxylation sites is 1. The van der Waals surface area contributed by atoms with E-state index in [-0.39, 0.29) is 11.6 Å². The summed E-state index contributed by atoms with van der Waals surface area (Å²) < 4.78 is 18.7. The van der Waals surface area contributed by atoms with Gasteiger partial charge in [0.15, 0.2) is 5.76 Å². The van der Waals surface area contributed by atoms with E-state index in [1.54, 1.807) is 36.2 Å². The van der Waals surface area contributed by atoms with Gasteiger partial charge in [0.25, 0.3) is 0 Å². The van der Waals surface area contributed by atoms with E-state index in [0.717, 1.165) is 0 Å². The smallest absolute Gasteiger partial charge is 0.301 e. The quantitative estimate of drug-likeness (QED) is 0.500. The molecule has 0 saturated carbocycles. The summed E-state index contributed by atoms with van der Waals surface area (Å²) in [5.74, 6) is 4.36. The minimum absolute atomic E-state index is 0.130. The number of nitrogens with two attached hydrogens (primary N) is 1. The number of furan rings is 1. The summed E-state index contributed by atoms with van der Waals surface area (Å²) in [5.41, 5.74) is 3.09. The molecule has 100 valence electrons. The van der Waals surface area contributed by atoms with Crippen molar-refractivity contribution in [3.05, 3.63) is 53.7 Å². The first-order valence-electron chi connectivity index (χ1n) is 5.66. The van der Waals surface area contributed by atoms with Crippen molar-refractivity contribution in [2.75, 3.05) is 11.9 Å². The van der Waals surface area contributed by atoms with Gasteiger partial charge in [-0.2, -0.15) is 0 Å². The molecule has 6 heteroatoms. The van der Waals surface area contributed by atoms with Crippen LogP contribution >= 0.6 is 0 Å². The van der Waals surface area contributed by atoms with Crippen molar-refractivity contribution in [3.8, 4) is 0 Å². The SMILES string of the molecule is CN(Cc1ccoc1C(=O)NN)c1ccccc1F. The van der Waals surface area contributed by atoms with Crippen LogP contribution in [0.5, 0.6) is 0 Å². The number of hydrazine groups is 1. The zero-order valence-corrected chi connectivity index (χ0v) is 10.4. The molecule has 1 aromatic heterocycles. The molecule has 0 bridgehead atoms. The number of hydrogen-bond acceptors (Lipinski definition) is 4. The average Bonchev–Trinajstić information content (AvgIpc) is 2.86. The van der Waals surface area contributed by atoms with Crippen molar-refractivity contribution in [3.63, 3.8) is 0 Å². The fraction of sp³-hybridized carbons (Fsp3) is 0.154. The number of nitrogens with zero attached hydrogens (tertiary/aromatic N) is 1. The molecule has 0 radical (unpaired) electrons. The Labute approximate surface area is 109 Å². The van der Waals surface area contributed by atoms with Gasteiger partial charge in [0, 0.05) is 19.2 Å². The number of carbonyl (C=O) groups excluding carboxylic acids is 1. The zero-order valence-electron chi connectivity index (χ0n) is 10.4. The third kappa shape index (κ3) is 2.74. The lowest BCUT2D eigenvalue weighted by atomic mass is 10.2. The van der Waals surface area contributed by atoms with Crippen molar-refractivity contribution < 1.29 is 13.6 Å². The number of anilines is 1. The van der Waals surface area contributed by atoms with Crippen molar-refractivity contribution in [2.24, 2.45) is 5.84 Å². The predicted octanol–water partition coefficient (Wildman–Crippen LogP) is 1.66. The molecular formula is C13H14FN3O2. The van der Waals surface area contributed by atoms with E-state index in [9.17, 15) is 9.18 Å². The normalized spacial score (nSPS) is 10.3. The number of hydrogen-bond donors (Lipinski definition) is 2. The number of carbonyl (C=O) groups is 1. The summed E-state index contributed by atoms with van der Waals surface area (Å²) in [6.07, 6.45) is 1.40. The number of halogens is 1. The van der Waals surface area contributed by atoms with E-state index < -0.39 is 5.91 Å². The molecule has 1 aromatic carbocycles. The minimum Gasteiger partial charge on any atom is -0.459 e. The summed E-state index contributed by atoms with van der Waals surface area (Å²) in [7, 11) is 1.73. The molecule has 5 nitrogen and oxygen atoms in total. The predicted molar refractivity (Wildman–Crippen MR) is 68.9 cm³/mol. The van der Waals surface area contributed by atoms with Crippen LogP contribution in [0.3, 0.4) is 0 Å². The molecule has 0 atom stereocenters.